The topological polar surface area (TPSA) is 75.6 Å². The van der Waals surface area contributed by atoms with Crippen molar-refractivity contribution < 1.29 is 19.4 Å². The highest BCUT2D eigenvalue weighted by Gasteiger charge is 2.20. The molecule has 0 aliphatic rings. The van der Waals surface area contributed by atoms with E-state index in [2.05, 4.69) is 16.6 Å². The largest absolute Gasteiger partial charge is 0.480 e. The summed E-state index contributed by atoms with van der Waals surface area (Å²) in [6.45, 7) is 3.43. The Kier molecular flexibility index (Phi) is 8.02. The Morgan fingerprint density at radius 2 is 2.33 bits per heavy atom. The third kappa shape index (κ3) is 7.15. The number of hydrogen-bond donors (Lipinski definition) is 2. The summed E-state index contributed by atoms with van der Waals surface area (Å²) in [5.74, 6) is -0.785. The van der Waals surface area contributed by atoms with E-state index < -0.39 is 18.1 Å². The molecule has 5 nitrogen and oxygen atoms in total. The number of carbonyl (C=O) groups excluding carboxylic acids is 1. The molecule has 0 aromatic heterocycles. The van der Waals surface area contributed by atoms with Crippen molar-refractivity contribution in [1.29, 1.82) is 0 Å². The molecule has 15 heavy (non-hydrogen) atoms. The van der Waals surface area contributed by atoms with E-state index in [4.69, 9.17) is 5.11 Å². The first-order valence-electron chi connectivity index (χ1n) is 4.04. The van der Waals surface area contributed by atoms with Gasteiger partial charge in [0.25, 0.3) is 0 Å². The van der Waals surface area contributed by atoms with Gasteiger partial charge in [-0.15, -0.1) is 0 Å². The average molecular weight is 251 g/mol. The summed E-state index contributed by atoms with van der Waals surface area (Å²) < 4.78 is 4.60. The van der Waals surface area contributed by atoms with Gasteiger partial charge in [0.15, 0.2) is 0 Å². The maximum Gasteiger partial charge on any atom is 0.408 e. The minimum absolute atomic E-state index is 0.0633. The summed E-state index contributed by atoms with van der Waals surface area (Å²) >= 11 is 0. The summed E-state index contributed by atoms with van der Waals surface area (Å²) in [5, 5.41) is 11.0. The molecule has 0 bridgehead atoms. The summed E-state index contributed by atoms with van der Waals surface area (Å²) in [7, 11) is 2.79. The third-order valence-electron chi connectivity index (χ3n) is 1.28. The van der Waals surface area contributed by atoms with Crippen molar-refractivity contribution in [2.75, 3.05) is 18.6 Å². The molecule has 0 aliphatic heterocycles. The number of alkyl carbamates (subject to hydrolysis) is 1. The van der Waals surface area contributed by atoms with Gasteiger partial charge in [-0.3, -0.25) is 0 Å². The Morgan fingerprint density at radius 3 is 2.80 bits per heavy atom. The van der Waals surface area contributed by atoms with Crippen molar-refractivity contribution in [3.05, 3.63) is 12.7 Å². The van der Waals surface area contributed by atoms with Crippen LogP contribution in [0.1, 0.15) is 0 Å². The number of aliphatic carboxylic acids is 1. The fourth-order valence-electron chi connectivity index (χ4n) is 0.629. The SMILES string of the molecule is C=CCOC(=O)N[C@@H](CSSC)C(=O)O. The summed E-state index contributed by atoms with van der Waals surface area (Å²) in [5.41, 5.74) is 0. The lowest BCUT2D eigenvalue weighted by Crippen LogP contribution is -2.42. The molecular weight excluding hydrogens is 238 g/mol. The molecule has 0 unspecified atom stereocenters. The highest BCUT2D eigenvalue weighted by Crippen LogP contribution is 2.17. The van der Waals surface area contributed by atoms with E-state index in [0.29, 0.717) is 5.75 Å². The van der Waals surface area contributed by atoms with Gasteiger partial charge in [-0.05, 0) is 6.26 Å². The highest BCUT2D eigenvalue weighted by molar-refractivity contribution is 8.76. The predicted molar refractivity (Wildman–Crippen MR) is 62.1 cm³/mol. The zero-order valence-corrected chi connectivity index (χ0v) is 9.90. The summed E-state index contributed by atoms with van der Waals surface area (Å²) in [4.78, 5) is 21.7. The minimum Gasteiger partial charge on any atom is -0.480 e. The molecule has 0 aromatic rings. The fraction of sp³-hybridized carbons (Fsp3) is 0.500. The third-order valence-corrected chi connectivity index (χ3v) is 3.10. The van der Waals surface area contributed by atoms with Crippen LogP contribution in [-0.2, 0) is 9.53 Å². The van der Waals surface area contributed by atoms with Crippen LogP contribution in [0.3, 0.4) is 0 Å². The van der Waals surface area contributed by atoms with Crippen LogP contribution in [0.25, 0.3) is 0 Å². The van der Waals surface area contributed by atoms with Gasteiger partial charge >= 0.3 is 12.1 Å². The van der Waals surface area contributed by atoms with Gasteiger partial charge in [0.2, 0.25) is 0 Å². The molecule has 86 valence electrons. The molecule has 0 fully saturated rings. The quantitative estimate of drug-likeness (QED) is 0.525. The van der Waals surface area contributed by atoms with Crippen LogP contribution in [0.2, 0.25) is 0 Å². The van der Waals surface area contributed by atoms with Gasteiger partial charge in [0, 0.05) is 5.75 Å². The van der Waals surface area contributed by atoms with E-state index >= 15 is 0 Å². The number of ether oxygens (including phenoxy) is 1. The van der Waals surface area contributed by atoms with Crippen molar-refractivity contribution in [2.24, 2.45) is 0 Å². The van der Waals surface area contributed by atoms with E-state index in [0.717, 1.165) is 0 Å². The molecule has 1 atom stereocenters. The number of hydrogen-bond acceptors (Lipinski definition) is 5. The minimum atomic E-state index is -1.08. The maximum absolute atomic E-state index is 11.0. The Balaban J connectivity index is 3.98. The molecule has 0 rings (SSSR count). The zero-order valence-electron chi connectivity index (χ0n) is 8.26. The second kappa shape index (κ2) is 8.49. The Hall–Kier alpha value is -0.820. The van der Waals surface area contributed by atoms with Crippen LogP contribution in [0.4, 0.5) is 4.79 Å². The van der Waals surface area contributed by atoms with Gasteiger partial charge < -0.3 is 15.2 Å². The van der Waals surface area contributed by atoms with E-state index in [1.807, 2.05) is 6.26 Å². The summed E-state index contributed by atoms with van der Waals surface area (Å²) in [6, 6.07) is -0.931. The standard InChI is InChI=1S/C8H13NO4S2/c1-3-4-13-8(12)9-6(7(10)11)5-15-14-2/h3,6H,1,4-5H2,2H3,(H,9,12)(H,10,11)/t6-/m0/s1. The normalized spacial score (nSPS) is 11.5. The molecule has 1 amide bonds. The van der Waals surface area contributed by atoms with Crippen LogP contribution < -0.4 is 5.32 Å². The van der Waals surface area contributed by atoms with Gasteiger partial charge in [-0.25, -0.2) is 9.59 Å². The average Bonchev–Trinajstić information content (AvgIpc) is 2.20. The predicted octanol–water partition coefficient (Wildman–Crippen LogP) is 1.36. The van der Waals surface area contributed by atoms with Crippen molar-refractivity contribution in [2.45, 2.75) is 6.04 Å². The van der Waals surface area contributed by atoms with Crippen molar-refractivity contribution in [3.63, 3.8) is 0 Å². The second-order valence-electron chi connectivity index (χ2n) is 2.37. The molecule has 0 heterocycles. The van der Waals surface area contributed by atoms with Crippen LogP contribution in [0, 0.1) is 0 Å². The molecule has 0 aliphatic carbocycles. The van der Waals surface area contributed by atoms with Gasteiger partial charge in [0.1, 0.15) is 12.6 Å². The van der Waals surface area contributed by atoms with Gasteiger partial charge in [0.05, 0.1) is 0 Å². The molecule has 0 spiro atoms. The first-order chi connectivity index (χ1) is 7.11. The highest BCUT2D eigenvalue weighted by atomic mass is 33.1. The number of carboxylic acid groups (broad SMARTS) is 1. The van der Waals surface area contributed by atoms with Crippen LogP contribution in [-0.4, -0.2) is 41.8 Å². The lowest BCUT2D eigenvalue weighted by molar-refractivity contribution is -0.138. The van der Waals surface area contributed by atoms with E-state index in [-0.39, 0.29) is 6.61 Å². The van der Waals surface area contributed by atoms with E-state index in [9.17, 15) is 9.59 Å². The van der Waals surface area contributed by atoms with Crippen LogP contribution >= 0.6 is 21.6 Å². The molecule has 0 saturated heterocycles. The Labute approximate surface area is 96.0 Å². The van der Waals surface area contributed by atoms with E-state index in [1.165, 1.54) is 27.7 Å². The number of amides is 1. The smallest absolute Gasteiger partial charge is 0.408 e. The van der Waals surface area contributed by atoms with Crippen molar-refractivity contribution >= 4 is 33.7 Å². The van der Waals surface area contributed by atoms with Crippen molar-refractivity contribution in [3.8, 4) is 0 Å². The molecule has 7 heteroatoms. The lowest BCUT2D eigenvalue weighted by atomic mass is 10.3. The van der Waals surface area contributed by atoms with Crippen LogP contribution in [0.5, 0.6) is 0 Å². The monoisotopic (exact) mass is 251 g/mol. The lowest BCUT2D eigenvalue weighted by Gasteiger charge is -2.12. The van der Waals surface area contributed by atoms with E-state index in [1.54, 1.807) is 0 Å². The Morgan fingerprint density at radius 1 is 1.67 bits per heavy atom. The molecule has 0 radical (unpaired) electrons. The number of carboxylic acids is 1. The number of rotatable bonds is 7. The first kappa shape index (κ1) is 14.2. The van der Waals surface area contributed by atoms with Crippen LogP contribution in [0.15, 0.2) is 12.7 Å². The molecule has 0 aromatic carbocycles. The molecule has 2 N–H and O–H groups in total. The first-order valence-corrected chi connectivity index (χ1v) is 6.77. The Bertz CT molecular complexity index is 235. The van der Waals surface area contributed by atoms with Gasteiger partial charge in [-0.2, -0.15) is 0 Å². The molecule has 0 saturated carbocycles. The zero-order chi connectivity index (χ0) is 11.7. The fourth-order valence-corrected chi connectivity index (χ4v) is 1.94. The number of nitrogens with one attached hydrogen (secondary N) is 1. The van der Waals surface area contributed by atoms with Gasteiger partial charge in [-0.1, -0.05) is 34.2 Å². The summed E-state index contributed by atoms with van der Waals surface area (Å²) in [6.07, 6.45) is 2.50. The number of carbonyl (C=O) groups is 2. The maximum atomic E-state index is 11.0. The molecular formula is C8H13NO4S2. The second-order valence-corrected chi connectivity index (χ2v) is 4.98. The van der Waals surface area contributed by atoms with Crippen molar-refractivity contribution in [1.82, 2.24) is 5.32 Å².